The maximum atomic E-state index is 14.1. The number of rotatable bonds is 5. The molecule has 4 saturated heterocycles. The molecule has 0 spiro atoms. The number of esters is 1. The summed E-state index contributed by atoms with van der Waals surface area (Å²) < 4.78 is 26.4. The number of aliphatic hydroxyl groups is 1. The highest BCUT2D eigenvalue weighted by atomic mass is 16.6. The van der Waals surface area contributed by atoms with Crippen molar-refractivity contribution in [1.29, 1.82) is 0 Å². The van der Waals surface area contributed by atoms with Crippen molar-refractivity contribution in [2.45, 2.75) is 81.3 Å². The van der Waals surface area contributed by atoms with E-state index in [1.807, 2.05) is 0 Å². The Labute approximate surface area is 318 Å². The summed E-state index contributed by atoms with van der Waals surface area (Å²) in [5, 5.41) is 13.2. The molecular formula is C44H56N4O6. The highest BCUT2D eigenvalue weighted by molar-refractivity contribution is 5.87. The quantitative estimate of drug-likeness (QED) is 0.274. The zero-order valence-corrected chi connectivity index (χ0v) is 33.0. The minimum atomic E-state index is -0.884. The fraction of sp³-hybridized carbons (Fsp3) is 0.614. The van der Waals surface area contributed by atoms with Gasteiger partial charge in [0.2, 0.25) is 0 Å². The number of ether oxygens (including phenoxy) is 4. The van der Waals surface area contributed by atoms with Crippen LogP contribution in [0.4, 0.5) is 5.69 Å². The van der Waals surface area contributed by atoms with Gasteiger partial charge in [-0.3, -0.25) is 14.6 Å². The zero-order valence-electron chi connectivity index (χ0n) is 33.0. The average molecular weight is 737 g/mol. The monoisotopic (exact) mass is 736 g/mol. The number of hydrogen-bond acceptors (Lipinski definition) is 9. The first-order valence-corrected chi connectivity index (χ1v) is 20.2. The van der Waals surface area contributed by atoms with Crippen LogP contribution < -0.4 is 14.4 Å². The van der Waals surface area contributed by atoms with Gasteiger partial charge in [-0.1, -0.05) is 18.6 Å². The van der Waals surface area contributed by atoms with Gasteiger partial charge in [-0.2, -0.15) is 0 Å². The minimum Gasteiger partial charge on any atom is -0.497 e. The number of anilines is 1. The number of benzene rings is 2. The van der Waals surface area contributed by atoms with Gasteiger partial charge >= 0.3 is 5.97 Å². The van der Waals surface area contributed by atoms with E-state index in [-0.39, 0.29) is 59.0 Å². The smallest absolute Gasteiger partial charge is 0.310 e. The van der Waals surface area contributed by atoms with E-state index in [4.69, 9.17) is 18.9 Å². The summed E-state index contributed by atoms with van der Waals surface area (Å²) >= 11 is 0. The van der Waals surface area contributed by atoms with Gasteiger partial charge in [0.15, 0.2) is 6.29 Å². The molecule has 1 aliphatic carbocycles. The average Bonchev–Trinajstić information content (AvgIpc) is 3.60. The van der Waals surface area contributed by atoms with Crippen LogP contribution in [0.5, 0.6) is 11.5 Å². The number of methoxy groups -OCH3 is 3. The molecule has 6 aliphatic heterocycles. The SMILES string of the molecule is CC=C1CN2CCC34c5cc(C(C)C6C(O)OCC7C6CC6c8c(c9cc(OC)ccc9n8C)CC7N6C)c(OC)cc5N(C)C3C2CC1C4C(=O)OC. The Morgan fingerprint density at radius 1 is 1.06 bits per heavy atom. The Morgan fingerprint density at radius 2 is 1.87 bits per heavy atom. The van der Waals surface area contributed by atoms with Crippen molar-refractivity contribution in [3.8, 4) is 11.5 Å². The lowest BCUT2D eigenvalue weighted by Gasteiger charge is -2.63. The lowest BCUT2D eigenvalue weighted by molar-refractivity contribution is -0.226. The normalized spacial score (nSPS) is 37.8. The van der Waals surface area contributed by atoms with Crippen LogP contribution in [0.3, 0.4) is 0 Å². The third kappa shape index (κ3) is 4.34. The molecule has 54 heavy (non-hydrogen) atoms. The van der Waals surface area contributed by atoms with E-state index in [1.165, 1.54) is 33.3 Å². The number of fused-ring (bicyclic) bond motifs is 10. The molecule has 3 aromatic rings. The Kier molecular flexibility index (Phi) is 7.89. The second kappa shape index (κ2) is 12.2. The molecule has 2 aromatic carbocycles. The summed E-state index contributed by atoms with van der Waals surface area (Å²) in [5.41, 5.74) is 8.55. The fourth-order valence-electron chi connectivity index (χ4n) is 13.8. The molecule has 5 fully saturated rings. The van der Waals surface area contributed by atoms with Crippen LogP contribution >= 0.6 is 0 Å². The molecule has 1 aromatic heterocycles. The number of aliphatic hydroxyl groups excluding tert-OH is 1. The van der Waals surface area contributed by atoms with Gasteiger partial charge in [0.1, 0.15) is 11.5 Å². The van der Waals surface area contributed by atoms with Gasteiger partial charge in [0.05, 0.1) is 45.9 Å². The van der Waals surface area contributed by atoms with Crippen LogP contribution in [-0.2, 0) is 33.2 Å². The minimum absolute atomic E-state index is 0.0555. The van der Waals surface area contributed by atoms with Gasteiger partial charge in [-0.05, 0) is 105 Å². The summed E-state index contributed by atoms with van der Waals surface area (Å²) in [6, 6.07) is 12.1. The Morgan fingerprint density at radius 3 is 2.61 bits per heavy atom. The maximum absolute atomic E-state index is 14.1. The summed E-state index contributed by atoms with van der Waals surface area (Å²) in [6.45, 7) is 6.83. The van der Waals surface area contributed by atoms with Crippen molar-refractivity contribution in [2.24, 2.45) is 36.6 Å². The summed E-state index contributed by atoms with van der Waals surface area (Å²) in [5.74, 6) is 1.89. The highest BCUT2D eigenvalue weighted by Gasteiger charge is 2.69. The number of likely N-dealkylation sites (N-methyl/N-ethyl adjacent to an activating group) is 2. The number of piperidine rings is 3. The van der Waals surface area contributed by atoms with Crippen LogP contribution in [0.1, 0.15) is 67.5 Å². The molecule has 7 heterocycles. The highest BCUT2D eigenvalue weighted by Crippen LogP contribution is 2.65. The van der Waals surface area contributed by atoms with Crippen molar-refractivity contribution in [3.63, 3.8) is 0 Å². The molecule has 7 aliphatic rings. The number of nitrogens with zero attached hydrogens (tertiary/aromatic N) is 4. The van der Waals surface area contributed by atoms with E-state index < -0.39 is 6.29 Å². The lowest BCUT2D eigenvalue weighted by atomic mass is 9.50. The molecule has 1 N–H and O–H groups in total. The number of hydrogen-bond donors (Lipinski definition) is 1. The predicted molar refractivity (Wildman–Crippen MR) is 207 cm³/mol. The van der Waals surface area contributed by atoms with E-state index in [2.05, 4.69) is 90.7 Å². The van der Waals surface area contributed by atoms with Crippen LogP contribution in [0.2, 0.25) is 0 Å². The van der Waals surface area contributed by atoms with E-state index in [9.17, 15) is 9.90 Å². The Balaban J connectivity index is 1.07. The van der Waals surface area contributed by atoms with Crippen LogP contribution in [0.25, 0.3) is 10.9 Å². The molecular weight excluding hydrogens is 681 g/mol. The van der Waals surface area contributed by atoms with Crippen molar-refractivity contribution in [3.05, 3.63) is 64.4 Å². The standard InChI is InChI=1S/C44H56N4O6/c1-9-23-20-48-13-12-44-31-15-25(37(52-7)19-34(31)47(5)41(44)36(48)16-26(23)39(44)43(50)53-8)22(2)38-28-17-35-40-29(18-33(45(35)3)30(28)21-54-42(38)49)27-14-24(51-6)10-11-32(27)46(40)4/h9-11,14-15,19,22,26,28,30,33,35-36,38-39,41-42,49H,12-13,16-18,20-21H2,1-8H3. The van der Waals surface area contributed by atoms with Crippen LogP contribution in [0.15, 0.2) is 42.0 Å². The first-order valence-electron chi connectivity index (χ1n) is 20.2. The molecule has 0 radical (unpaired) electrons. The molecule has 12 atom stereocenters. The summed E-state index contributed by atoms with van der Waals surface area (Å²) in [7, 11) is 11.8. The number of allylic oxidation sites excluding steroid dienone is 1. The van der Waals surface area contributed by atoms with E-state index >= 15 is 0 Å². The van der Waals surface area contributed by atoms with E-state index in [0.29, 0.717) is 18.7 Å². The molecule has 0 amide bonds. The topological polar surface area (TPSA) is 88.9 Å². The first kappa shape index (κ1) is 34.9. The van der Waals surface area contributed by atoms with Crippen LogP contribution in [0, 0.1) is 29.6 Å². The van der Waals surface area contributed by atoms with Gasteiger partial charge in [0.25, 0.3) is 0 Å². The maximum Gasteiger partial charge on any atom is 0.310 e. The van der Waals surface area contributed by atoms with E-state index in [0.717, 1.165) is 61.5 Å². The number of carbonyl (C=O) groups excluding carboxylic acids is 1. The van der Waals surface area contributed by atoms with E-state index in [1.54, 1.807) is 21.3 Å². The largest absolute Gasteiger partial charge is 0.497 e. The Hall–Kier alpha value is -3.57. The number of aryl methyl sites for hydroxylation is 1. The van der Waals surface area contributed by atoms with Gasteiger partial charge < -0.3 is 33.5 Å². The van der Waals surface area contributed by atoms with Gasteiger partial charge in [0, 0.05) is 78.3 Å². The van der Waals surface area contributed by atoms with Crippen molar-refractivity contribution >= 4 is 22.6 Å². The first-order chi connectivity index (χ1) is 26.1. The van der Waals surface area contributed by atoms with Crippen LogP contribution in [-0.4, -0.2) is 105 Å². The summed E-state index contributed by atoms with van der Waals surface area (Å²) in [4.78, 5) is 21.8. The second-order valence-corrected chi connectivity index (χ2v) is 17.6. The van der Waals surface area contributed by atoms with Gasteiger partial charge in [-0.25, -0.2) is 0 Å². The van der Waals surface area contributed by atoms with Crippen molar-refractivity contribution in [2.75, 3.05) is 60.0 Å². The zero-order chi connectivity index (χ0) is 37.5. The van der Waals surface area contributed by atoms with Crippen molar-refractivity contribution < 1.29 is 28.8 Å². The molecule has 5 bridgehead atoms. The number of carbonyl (C=O) groups is 1. The molecule has 1 saturated carbocycles. The second-order valence-electron chi connectivity index (χ2n) is 17.6. The Bertz CT molecular complexity index is 2080. The molecule has 10 heteroatoms. The third-order valence-electron chi connectivity index (χ3n) is 16.2. The van der Waals surface area contributed by atoms with Crippen molar-refractivity contribution in [1.82, 2.24) is 14.4 Å². The third-order valence-corrected chi connectivity index (χ3v) is 16.2. The summed E-state index contributed by atoms with van der Waals surface area (Å²) in [6.07, 6.45) is 5.13. The molecule has 10 nitrogen and oxygen atoms in total. The van der Waals surface area contributed by atoms with Gasteiger partial charge in [-0.15, -0.1) is 0 Å². The lowest BCUT2D eigenvalue weighted by Crippen LogP contribution is -2.72. The molecule has 10 rings (SSSR count). The molecule has 288 valence electrons. The number of aromatic nitrogens is 1. The molecule has 12 unspecified atom stereocenters. The predicted octanol–water partition coefficient (Wildman–Crippen LogP) is 5.40. The fourth-order valence-corrected chi connectivity index (χ4v) is 13.8.